The van der Waals surface area contributed by atoms with Crippen molar-refractivity contribution < 1.29 is 33.0 Å². The van der Waals surface area contributed by atoms with Crippen molar-refractivity contribution in [2.45, 2.75) is 83.6 Å². The van der Waals surface area contributed by atoms with Gasteiger partial charge in [-0.05, 0) is 52.1 Å². The highest BCUT2D eigenvalue weighted by Crippen LogP contribution is 2.39. The summed E-state index contributed by atoms with van der Waals surface area (Å²) < 4.78 is 24.5. The Balaban J connectivity index is 1.10. The van der Waals surface area contributed by atoms with Gasteiger partial charge in [0.15, 0.2) is 0 Å². The van der Waals surface area contributed by atoms with Gasteiger partial charge in [0.05, 0.1) is 63.8 Å². The molecule has 2 aliphatic heterocycles. The van der Waals surface area contributed by atoms with E-state index in [-0.39, 0.29) is 42.7 Å². The first kappa shape index (κ1) is 41.4. The third kappa shape index (κ3) is 8.40. The van der Waals surface area contributed by atoms with Gasteiger partial charge in [0.25, 0.3) is 0 Å². The largest absolute Gasteiger partial charge is 0.453 e. The maximum atomic E-state index is 14.9. The normalized spacial score (nSPS) is 20.0. The third-order valence-electron chi connectivity index (χ3n) is 11.6. The highest BCUT2D eigenvalue weighted by Gasteiger charge is 2.46. The van der Waals surface area contributed by atoms with E-state index in [4.69, 9.17) is 19.4 Å². The number of alkyl carbamates (subject to hydrolysis) is 2. The molecule has 4 amide bonds. The summed E-state index contributed by atoms with van der Waals surface area (Å²) >= 11 is 0. The highest BCUT2D eigenvalue weighted by atomic mass is 28.3. The summed E-state index contributed by atoms with van der Waals surface area (Å²) in [5, 5.41) is 7.23. The summed E-state index contributed by atoms with van der Waals surface area (Å²) in [4.78, 5) is 71.5. The number of benzene rings is 3. The summed E-state index contributed by atoms with van der Waals surface area (Å²) in [6, 6.07) is 16.8. The van der Waals surface area contributed by atoms with Gasteiger partial charge in [0.2, 0.25) is 11.8 Å². The van der Waals surface area contributed by atoms with Crippen LogP contribution in [0.25, 0.3) is 44.2 Å². The van der Waals surface area contributed by atoms with E-state index < -0.39 is 44.6 Å². The Morgan fingerprint density at radius 3 is 2.03 bits per heavy atom. The van der Waals surface area contributed by atoms with Crippen LogP contribution in [0, 0.1) is 11.8 Å². The summed E-state index contributed by atoms with van der Waals surface area (Å²) in [7, 11) is 0.762. The van der Waals surface area contributed by atoms with E-state index in [1.165, 1.54) is 19.1 Å². The van der Waals surface area contributed by atoms with Crippen molar-refractivity contribution in [1.82, 2.24) is 40.4 Å². The minimum absolute atomic E-state index is 0.0899. The number of aromatic amines is 2. The van der Waals surface area contributed by atoms with Crippen LogP contribution in [0.5, 0.6) is 0 Å². The van der Waals surface area contributed by atoms with Crippen LogP contribution in [-0.2, 0) is 19.1 Å². The number of likely N-dealkylation sites (tertiary alicyclic amines) is 1. The number of nitrogens with zero attached hydrogens (tertiary/aromatic N) is 4. The zero-order valence-electron chi connectivity index (χ0n) is 34.8. The number of alkyl halides is 1. The van der Waals surface area contributed by atoms with Gasteiger partial charge in [-0.25, -0.2) is 23.9 Å². The number of halogens is 1. The van der Waals surface area contributed by atoms with Crippen LogP contribution in [0.4, 0.5) is 14.0 Å². The number of H-pyrrole nitrogens is 2. The maximum Gasteiger partial charge on any atom is 0.407 e. The van der Waals surface area contributed by atoms with Crippen LogP contribution in [-0.4, -0.2) is 107 Å². The number of rotatable bonds is 10. The zero-order valence-corrected chi connectivity index (χ0v) is 35.8. The Kier molecular flexibility index (Phi) is 11.6. The molecule has 59 heavy (non-hydrogen) atoms. The Morgan fingerprint density at radius 2 is 1.41 bits per heavy atom. The molecular formula is C43H53FN8O6Si. The van der Waals surface area contributed by atoms with Crippen molar-refractivity contribution in [3.05, 3.63) is 72.4 Å². The molecule has 0 aliphatic carbocycles. The molecule has 3 aromatic carbocycles. The second-order valence-electron chi connectivity index (χ2n) is 17.2. The number of fused-ring (bicyclic) bond motifs is 3. The Labute approximate surface area is 343 Å². The van der Waals surface area contributed by atoms with Crippen LogP contribution in [0.2, 0.25) is 19.1 Å². The lowest BCUT2D eigenvalue weighted by atomic mass is 9.99. The molecule has 4 N–H and O–H groups in total. The zero-order chi connectivity index (χ0) is 42.3. The van der Waals surface area contributed by atoms with Gasteiger partial charge in [-0.1, -0.05) is 83.3 Å². The number of methoxy groups -OCH3 is 2. The molecule has 2 aliphatic rings. The Hall–Kier alpha value is -5.77. The number of nitrogens with one attached hydrogen (secondary N) is 4. The first-order valence-corrected chi connectivity index (χ1v) is 23.5. The second-order valence-corrected chi connectivity index (χ2v) is 22.2. The fourth-order valence-electron chi connectivity index (χ4n) is 8.44. The lowest BCUT2D eigenvalue weighted by Gasteiger charge is -2.30. The van der Waals surface area contributed by atoms with Gasteiger partial charge >= 0.3 is 12.2 Å². The van der Waals surface area contributed by atoms with Crippen molar-refractivity contribution in [3.63, 3.8) is 0 Å². The lowest BCUT2D eigenvalue weighted by Crippen LogP contribution is -2.52. The van der Waals surface area contributed by atoms with E-state index in [0.717, 1.165) is 56.1 Å². The van der Waals surface area contributed by atoms with Crippen LogP contribution >= 0.6 is 0 Å². The van der Waals surface area contributed by atoms with Crippen LogP contribution in [0.3, 0.4) is 0 Å². The molecule has 5 atom stereocenters. The van der Waals surface area contributed by atoms with Crippen LogP contribution in [0.1, 0.15) is 57.8 Å². The van der Waals surface area contributed by atoms with Crippen molar-refractivity contribution in [1.29, 1.82) is 0 Å². The molecule has 312 valence electrons. The van der Waals surface area contributed by atoms with E-state index >= 15 is 0 Å². The summed E-state index contributed by atoms with van der Waals surface area (Å²) in [5.74, 6) is 0.345. The number of aromatic nitrogens is 4. The fourth-order valence-corrected chi connectivity index (χ4v) is 11.3. The number of carbonyl (C=O) groups is 4. The summed E-state index contributed by atoms with van der Waals surface area (Å²) in [6.45, 7) is 11.9. The van der Waals surface area contributed by atoms with Crippen LogP contribution < -0.4 is 10.6 Å². The number of hydrogen-bond donors (Lipinski definition) is 4. The van der Waals surface area contributed by atoms with Crippen molar-refractivity contribution in [2.24, 2.45) is 11.8 Å². The molecule has 0 saturated carbocycles. The molecule has 5 aromatic rings. The molecular weight excluding hydrogens is 772 g/mol. The van der Waals surface area contributed by atoms with Gasteiger partial charge in [0.1, 0.15) is 29.9 Å². The minimum Gasteiger partial charge on any atom is -0.453 e. The molecule has 4 heterocycles. The van der Waals surface area contributed by atoms with E-state index in [1.54, 1.807) is 0 Å². The molecule has 2 saturated heterocycles. The van der Waals surface area contributed by atoms with Gasteiger partial charge in [-0.2, -0.15) is 0 Å². The Bertz CT molecular complexity index is 2380. The molecule has 0 bridgehead atoms. The molecule has 14 nitrogen and oxygen atoms in total. The molecule has 0 spiro atoms. The number of carbonyl (C=O) groups excluding carboxylic acids is 4. The smallest absolute Gasteiger partial charge is 0.407 e. The topological polar surface area (TPSA) is 175 Å². The van der Waals surface area contributed by atoms with Gasteiger partial charge < -0.3 is 39.9 Å². The summed E-state index contributed by atoms with van der Waals surface area (Å²) in [6.07, 6.45) is -0.00512. The van der Waals surface area contributed by atoms with E-state index in [2.05, 4.69) is 51.9 Å². The van der Waals surface area contributed by atoms with Crippen molar-refractivity contribution in [3.8, 4) is 22.4 Å². The van der Waals surface area contributed by atoms with Crippen molar-refractivity contribution >= 4 is 53.9 Å². The van der Waals surface area contributed by atoms with Gasteiger partial charge in [0, 0.05) is 18.0 Å². The molecule has 0 radical (unpaired) electrons. The standard InChI is InChI=1S/C43H53FN8O6Si/c1-23(2)35(49-42(55)57-5)40(53)51-20-29(44)18-33(51)39-46-31-16-14-28-17-27(13-15-30(28)37(31)48-39)25-9-11-26(12-10-25)32-19-45-38(47-32)34-21-59(7,8)22-52(34)41(54)36(24(3)4)50-43(56)58-6/h9-17,19,23-24,29,33-36H,18,20-22H2,1-8H3,(H,45,47)(H,46,48)(H,49,55)(H,50,56)/t29-,33+,34+,35+,36?/m1/s1. The molecule has 16 heteroatoms. The fraction of sp³-hybridized carbons (Fsp3) is 0.442. The molecule has 2 aromatic heterocycles. The number of amides is 4. The average Bonchev–Trinajstić information content (AvgIpc) is 4.02. The first-order chi connectivity index (χ1) is 28.1. The van der Waals surface area contributed by atoms with Gasteiger partial charge in [-0.15, -0.1) is 0 Å². The van der Waals surface area contributed by atoms with E-state index in [9.17, 15) is 23.6 Å². The van der Waals surface area contributed by atoms with Crippen molar-refractivity contribution in [2.75, 3.05) is 26.9 Å². The average molecular weight is 825 g/mol. The predicted octanol–water partition coefficient (Wildman–Crippen LogP) is 7.28. The number of hydrogen-bond acceptors (Lipinski definition) is 8. The van der Waals surface area contributed by atoms with E-state index in [0.29, 0.717) is 12.0 Å². The lowest BCUT2D eigenvalue weighted by molar-refractivity contribution is -0.136. The third-order valence-corrected chi connectivity index (χ3v) is 14.3. The van der Waals surface area contributed by atoms with Gasteiger partial charge in [-0.3, -0.25) is 9.59 Å². The quantitative estimate of drug-likeness (QED) is 0.106. The number of ether oxygens (including phenoxy) is 2. The highest BCUT2D eigenvalue weighted by molar-refractivity contribution is 6.78. The molecule has 7 rings (SSSR count). The SMILES string of the molecule is COC(=O)NC(C(=O)N1C[Si](C)(C)C[C@H]1c1ncc(-c2ccc(-c3ccc4c(ccc5[nH]c([C@@H]6C[C@@H](F)CN6C(=O)[C@@H](NC(=O)OC)C(C)C)nc54)c3)cc2)[nH]1)C(C)C. The predicted molar refractivity (Wildman–Crippen MR) is 226 cm³/mol. The maximum absolute atomic E-state index is 14.9. The van der Waals surface area contributed by atoms with Crippen LogP contribution in [0.15, 0.2) is 60.8 Å². The monoisotopic (exact) mass is 824 g/mol. The summed E-state index contributed by atoms with van der Waals surface area (Å²) in [5.41, 5.74) is 5.34. The first-order valence-electron chi connectivity index (χ1n) is 20.1. The molecule has 1 unspecified atom stereocenters. The second kappa shape index (κ2) is 16.5. The minimum atomic E-state index is -1.77. The van der Waals surface area contributed by atoms with E-state index in [1.807, 2.05) is 75.2 Å². The number of imidazole rings is 2. The Morgan fingerprint density at radius 1 is 0.797 bits per heavy atom. The molecule has 2 fully saturated rings.